The van der Waals surface area contributed by atoms with Crippen LogP contribution in [0.2, 0.25) is 0 Å². The molecule has 0 bridgehead atoms. The number of benzene rings is 2. The standard InChI is InChI=1S/C13H8NS.C11H8N.2Ir/c1-2-7-12-10(5-1)9-13(15-12)11-6-3-4-8-14-11;1-2-6-10(7-3-1)11-8-4-5-9-12-11;;/h1-8H;1-6,8-9H;;/q2*-1;;. The molecule has 2 aromatic carbocycles. The van der Waals surface area contributed by atoms with E-state index in [1.807, 2.05) is 72.9 Å². The number of hydrogen-bond donors (Lipinski definition) is 0. The van der Waals surface area contributed by atoms with Gasteiger partial charge in [0.25, 0.3) is 0 Å². The molecular weight excluding hydrogens is 733 g/mol. The number of fused-ring (bicyclic) bond motifs is 1. The van der Waals surface area contributed by atoms with Crippen LogP contribution in [-0.4, -0.2) is 9.97 Å². The van der Waals surface area contributed by atoms with Crippen LogP contribution in [0.1, 0.15) is 0 Å². The molecule has 0 amide bonds. The molecule has 0 unspecified atom stereocenters. The summed E-state index contributed by atoms with van der Waals surface area (Å²) in [6.07, 6.45) is 3.60. The zero-order valence-electron chi connectivity index (χ0n) is 15.2. The molecule has 148 valence electrons. The van der Waals surface area contributed by atoms with Crippen LogP contribution in [0.25, 0.3) is 31.9 Å². The number of nitrogens with zero attached hydrogens (tertiary/aromatic N) is 2. The summed E-state index contributed by atoms with van der Waals surface area (Å²) in [5, 5.41) is 1.17. The molecule has 5 heteroatoms. The molecule has 0 fully saturated rings. The van der Waals surface area contributed by atoms with E-state index in [2.05, 4.69) is 40.3 Å². The SMILES string of the molecule is [Ir].[Ir].[c-]1c(-c2ccccn2)sc2ccccc12.[c-]1ccccc1-c1ccccn1. The van der Waals surface area contributed by atoms with Crippen LogP contribution in [0.15, 0.2) is 97.3 Å². The van der Waals surface area contributed by atoms with Crippen molar-refractivity contribution in [2.75, 3.05) is 0 Å². The van der Waals surface area contributed by atoms with Gasteiger partial charge in [0, 0.05) is 58.3 Å². The largest absolute Gasteiger partial charge is 0.305 e. The molecule has 0 saturated heterocycles. The third-order valence-corrected chi connectivity index (χ3v) is 4.99. The van der Waals surface area contributed by atoms with Gasteiger partial charge in [0.2, 0.25) is 0 Å². The zero-order chi connectivity index (χ0) is 18.3. The van der Waals surface area contributed by atoms with Gasteiger partial charge in [-0.1, -0.05) is 36.4 Å². The zero-order valence-corrected chi connectivity index (χ0v) is 20.8. The molecule has 2 nitrogen and oxygen atoms in total. The first kappa shape index (κ1) is 23.3. The Morgan fingerprint density at radius 3 is 1.93 bits per heavy atom. The second-order valence-electron chi connectivity index (χ2n) is 5.76. The summed E-state index contributed by atoms with van der Waals surface area (Å²) >= 11 is 1.73. The molecule has 5 rings (SSSR count). The molecule has 5 aromatic rings. The van der Waals surface area contributed by atoms with Crippen molar-refractivity contribution in [3.05, 3.63) is 109 Å². The fraction of sp³-hybridized carbons (Fsp3) is 0. The van der Waals surface area contributed by atoms with Crippen LogP contribution in [0.3, 0.4) is 0 Å². The first-order valence-electron chi connectivity index (χ1n) is 8.60. The second kappa shape index (κ2) is 11.9. The van der Waals surface area contributed by atoms with Crippen molar-refractivity contribution < 1.29 is 40.2 Å². The quantitative estimate of drug-likeness (QED) is 0.198. The van der Waals surface area contributed by atoms with E-state index in [9.17, 15) is 0 Å². The minimum Gasteiger partial charge on any atom is -0.305 e. The molecule has 0 N–H and O–H groups in total. The molecule has 29 heavy (non-hydrogen) atoms. The van der Waals surface area contributed by atoms with Gasteiger partial charge in [0.15, 0.2) is 0 Å². The summed E-state index contributed by atoms with van der Waals surface area (Å²) in [5.41, 5.74) is 3.01. The summed E-state index contributed by atoms with van der Waals surface area (Å²) in [7, 11) is 0. The van der Waals surface area contributed by atoms with E-state index in [4.69, 9.17) is 0 Å². The Kier molecular flexibility index (Phi) is 9.53. The minimum absolute atomic E-state index is 0. The Morgan fingerprint density at radius 2 is 1.31 bits per heavy atom. The first-order chi connectivity index (χ1) is 13.4. The van der Waals surface area contributed by atoms with E-state index >= 15 is 0 Å². The molecular formula is C24H16Ir2N2S-2. The van der Waals surface area contributed by atoms with Crippen LogP contribution in [0.4, 0.5) is 0 Å². The predicted molar refractivity (Wildman–Crippen MR) is 112 cm³/mol. The fourth-order valence-electron chi connectivity index (χ4n) is 2.60. The van der Waals surface area contributed by atoms with E-state index in [0.717, 1.165) is 21.8 Å². The molecule has 0 saturated carbocycles. The maximum absolute atomic E-state index is 4.32. The van der Waals surface area contributed by atoms with Crippen molar-refractivity contribution in [3.8, 4) is 21.8 Å². The Balaban J connectivity index is 0.000000198. The third kappa shape index (κ3) is 6.24. The first-order valence-corrected chi connectivity index (χ1v) is 9.42. The summed E-state index contributed by atoms with van der Waals surface area (Å²) in [5.74, 6) is 0. The van der Waals surface area contributed by atoms with Gasteiger partial charge in [-0.25, -0.2) is 11.3 Å². The van der Waals surface area contributed by atoms with Crippen LogP contribution in [-0.2, 0) is 40.2 Å². The average Bonchev–Trinajstić information content (AvgIpc) is 3.21. The van der Waals surface area contributed by atoms with Gasteiger partial charge in [-0.2, -0.15) is 0 Å². The maximum atomic E-state index is 4.32. The van der Waals surface area contributed by atoms with Crippen molar-refractivity contribution >= 4 is 21.4 Å². The van der Waals surface area contributed by atoms with Crippen molar-refractivity contribution in [1.29, 1.82) is 0 Å². The van der Waals surface area contributed by atoms with Gasteiger partial charge in [0.05, 0.1) is 0 Å². The number of rotatable bonds is 2. The van der Waals surface area contributed by atoms with Crippen LogP contribution in [0.5, 0.6) is 0 Å². The monoisotopic (exact) mass is 750 g/mol. The summed E-state index contributed by atoms with van der Waals surface area (Å²) in [6.45, 7) is 0. The average molecular weight is 749 g/mol. The summed E-state index contributed by atoms with van der Waals surface area (Å²) in [6, 6.07) is 34.4. The predicted octanol–water partition coefficient (Wildman–Crippen LogP) is 6.31. The smallest absolute Gasteiger partial charge is 0.0161 e. The maximum Gasteiger partial charge on any atom is 0.0161 e. The molecule has 0 aliphatic carbocycles. The fourth-order valence-corrected chi connectivity index (χ4v) is 3.59. The van der Waals surface area contributed by atoms with E-state index in [-0.39, 0.29) is 40.2 Å². The number of pyridine rings is 2. The van der Waals surface area contributed by atoms with Crippen LogP contribution < -0.4 is 0 Å². The Hall–Kier alpha value is -2.00. The van der Waals surface area contributed by atoms with E-state index in [1.165, 1.54) is 10.1 Å². The number of thiophene rings is 1. The van der Waals surface area contributed by atoms with Gasteiger partial charge in [-0.05, 0) is 27.4 Å². The van der Waals surface area contributed by atoms with E-state index < -0.39 is 0 Å². The van der Waals surface area contributed by atoms with Crippen LogP contribution in [0, 0.1) is 12.1 Å². The molecule has 0 spiro atoms. The van der Waals surface area contributed by atoms with Crippen molar-refractivity contribution in [3.63, 3.8) is 0 Å². The second-order valence-corrected chi connectivity index (χ2v) is 6.81. The Labute approximate surface area is 201 Å². The van der Waals surface area contributed by atoms with Crippen molar-refractivity contribution in [1.82, 2.24) is 9.97 Å². The van der Waals surface area contributed by atoms with E-state index in [0.29, 0.717) is 0 Å². The molecule has 2 radical (unpaired) electrons. The van der Waals surface area contributed by atoms with Crippen molar-refractivity contribution in [2.45, 2.75) is 0 Å². The Bertz CT molecular complexity index is 1040. The molecule has 3 heterocycles. The Morgan fingerprint density at radius 1 is 0.655 bits per heavy atom. The molecule has 3 aromatic heterocycles. The normalized spacial score (nSPS) is 9.52. The van der Waals surface area contributed by atoms with Gasteiger partial charge >= 0.3 is 0 Å². The molecule has 0 aliphatic rings. The van der Waals surface area contributed by atoms with Crippen molar-refractivity contribution in [2.24, 2.45) is 0 Å². The van der Waals surface area contributed by atoms with Gasteiger partial charge < -0.3 is 9.97 Å². The van der Waals surface area contributed by atoms with Gasteiger partial charge in [-0.15, -0.1) is 59.5 Å². The van der Waals surface area contributed by atoms with Crippen LogP contribution >= 0.6 is 11.3 Å². The molecule has 0 atom stereocenters. The summed E-state index contributed by atoms with van der Waals surface area (Å²) < 4.78 is 1.26. The minimum atomic E-state index is 0. The number of aromatic nitrogens is 2. The summed E-state index contributed by atoms with van der Waals surface area (Å²) in [4.78, 5) is 9.65. The molecule has 0 aliphatic heterocycles. The van der Waals surface area contributed by atoms with E-state index in [1.54, 1.807) is 17.5 Å². The van der Waals surface area contributed by atoms with Gasteiger partial charge in [-0.3, -0.25) is 0 Å². The topological polar surface area (TPSA) is 25.8 Å². The third-order valence-electron chi connectivity index (χ3n) is 3.89. The van der Waals surface area contributed by atoms with Gasteiger partial charge in [0.1, 0.15) is 0 Å². The number of hydrogen-bond acceptors (Lipinski definition) is 3.